The summed E-state index contributed by atoms with van der Waals surface area (Å²) in [4.78, 5) is 41.4. The van der Waals surface area contributed by atoms with E-state index >= 15 is 0 Å². The molecule has 10 heteroatoms. The van der Waals surface area contributed by atoms with E-state index in [9.17, 15) is 9.59 Å². The number of aromatic amines is 1. The van der Waals surface area contributed by atoms with Gasteiger partial charge in [-0.05, 0) is 63.8 Å². The summed E-state index contributed by atoms with van der Waals surface area (Å²) in [5.41, 5.74) is 8.74. The van der Waals surface area contributed by atoms with Gasteiger partial charge < -0.3 is 20.5 Å². The van der Waals surface area contributed by atoms with E-state index in [1.165, 1.54) is 5.57 Å². The van der Waals surface area contributed by atoms with Gasteiger partial charge >= 0.3 is 0 Å². The third kappa shape index (κ3) is 4.82. The maximum Gasteiger partial charge on any atom is 0.259 e. The minimum Gasteiger partial charge on any atom is -0.359 e. The van der Waals surface area contributed by atoms with Crippen molar-refractivity contribution in [2.75, 3.05) is 15.5 Å². The minimum absolute atomic E-state index is 0.0106. The molecular formula is C34H34N8O2. The van der Waals surface area contributed by atoms with Crippen LogP contribution in [0.5, 0.6) is 0 Å². The van der Waals surface area contributed by atoms with E-state index in [0.29, 0.717) is 29.6 Å². The van der Waals surface area contributed by atoms with Gasteiger partial charge in [-0.2, -0.15) is 5.10 Å². The summed E-state index contributed by atoms with van der Waals surface area (Å²) < 4.78 is 1.79. The number of carbonyl (C=O) groups excluding carboxylic acids is 2. The van der Waals surface area contributed by atoms with Crippen LogP contribution in [0.25, 0.3) is 22.2 Å². The molecule has 0 bridgehead atoms. The number of anilines is 4. The Morgan fingerprint density at radius 1 is 1.09 bits per heavy atom. The van der Waals surface area contributed by atoms with E-state index in [4.69, 9.17) is 4.98 Å². The highest BCUT2D eigenvalue weighted by molar-refractivity contribution is 6.15. The number of benzene rings is 2. The van der Waals surface area contributed by atoms with Gasteiger partial charge in [0.1, 0.15) is 0 Å². The summed E-state index contributed by atoms with van der Waals surface area (Å²) in [6, 6.07) is 13.4. The molecule has 2 aromatic carbocycles. The van der Waals surface area contributed by atoms with E-state index in [-0.39, 0.29) is 17.7 Å². The standard InChI is InChI=1S/C34H34N8O2/c1-19-11-13-22(14-12-19)32(43)37-27-9-5-8-24-26(27)18-42(33(24)44)28-10-6-7-23-25(17-35-31(23)28)30-20(2)16-36-34(39-30)38-29-15-21(3)41(4)40-29/h5-11,15-17,22,35H,12-14,18H2,1-4H3,(H,37,43)(H,36,38,39,40). The molecule has 222 valence electrons. The Bertz CT molecular complexity index is 1970. The van der Waals surface area contributed by atoms with Crippen molar-refractivity contribution in [3.8, 4) is 11.3 Å². The second-order valence-electron chi connectivity index (χ2n) is 11.8. The van der Waals surface area contributed by atoms with Crippen molar-refractivity contribution in [2.24, 2.45) is 13.0 Å². The van der Waals surface area contributed by atoms with Crippen molar-refractivity contribution >= 4 is 45.9 Å². The van der Waals surface area contributed by atoms with Crippen LogP contribution in [0.4, 0.5) is 23.1 Å². The maximum absolute atomic E-state index is 13.7. The lowest BCUT2D eigenvalue weighted by Gasteiger charge is -2.20. The van der Waals surface area contributed by atoms with Crippen molar-refractivity contribution in [3.05, 3.63) is 88.9 Å². The van der Waals surface area contributed by atoms with E-state index in [1.54, 1.807) is 15.8 Å². The zero-order valence-corrected chi connectivity index (χ0v) is 25.2. The van der Waals surface area contributed by atoms with Gasteiger partial charge in [-0.1, -0.05) is 29.8 Å². The van der Waals surface area contributed by atoms with Gasteiger partial charge in [0.25, 0.3) is 5.91 Å². The van der Waals surface area contributed by atoms with Crippen LogP contribution in [0, 0.1) is 19.8 Å². The molecule has 2 aliphatic rings. The minimum atomic E-state index is -0.0914. The van der Waals surface area contributed by atoms with Crippen molar-refractivity contribution in [1.29, 1.82) is 0 Å². The van der Waals surface area contributed by atoms with Crippen LogP contribution in [0.3, 0.4) is 0 Å². The molecule has 0 fully saturated rings. The van der Waals surface area contributed by atoms with E-state index < -0.39 is 0 Å². The van der Waals surface area contributed by atoms with Gasteiger partial charge in [0.05, 0.1) is 23.4 Å². The van der Waals surface area contributed by atoms with Crippen LogP contribution in [0.1, 0.15) is 53.4 Å². The van der Waals surface area contributed by atoms with Crippen LogP contribution in [-0.4, -0.2) is 36.5 Å². The second kappa shape index (κ2) is 10.8. The van der Waals surface area contributed by atoms with E-state index in [2.05, 4.69) is 38.7 Å². The molecule has 0 radical (unpaired) electrons. The SMILES string of the molecule is CC1=CCC(C(=O)Nc2cccc3c2CN(c2cccc4c(-c5nc(Nc6cc(C)n(C)n6)ncc5C)c[nH]c24)C3=O)CC1. The first-order valence-corrected chi connectivity index (χ1v) is 14.9. The molecule has 0 saturated carbocycles. The zero-order chi connectivity index (χ0) is 30.5. The number of para-hydroxylation sites is 1. The summed E-state index contributed by atoms with van der Waals surface area (Å²) in [7, 11) is 1.89. The predicted octanol–water partition coefficient (Wildman–Crippen LogP) is 6.56. The van der Waals surface area contributed by atoms with Crippen molar-refractivity contribution in [3.63, 3.8) is 0 Å². The molecule has 1 aliphatic heterocycles. The van der Waals surface area contributed by atoms with Crippen molar-refractivity contribution < 1.29 is 9.59 Å². The summed E-state index contributed by atoms with van der Waals surface area (Å²) in [5, 5.41) is 11.7. The number of hydrogen-bond donors (Lipinski definition) is 3. The number of rotatable bonds is 6. The Morgan fingerprint density at radius 3 is 2.70 bits per heavy atom. The molecule has 2 amide bonds. The molecule has 1 aliphatic carbocycles. The molecule has 3 N–H and O–H groups in total. The first kappa shape index (κ1) is 27.6. The monoisotopic (exact) mass is 586 g/mol. The molecule has 1 unspecified atom stereocenters. The first-order chi connectivity index (χ1) is 21.3. The van der Waals surface area contributed by atoms with Gasteiger partial charge in [0.2, 0.25) is 11.9 Å². The van der Waals surface area contributed by atoms with Gasteiger partial charge in [0, 0.05) is 64.9 Å². The molecular weight excluding hydrogens is 552 g/mol. The largest absolute Gasteiger partial charge is 0.359 e. The lowest BCUT2D eigenvalue weighted by atomic mass is 9.89. The summed E-state index contributed by atoms with van der Waals surface area (Å²) >= 11 is 0. The lowest BCUT2D eigenvalue weighted by molar-refractivity contribution is -0.120. The highest BCUT2D eigenvalue weighted by Crippen LogP contribution is 2.39. The molecule has 0 spiro atoms. The van der Waals surface area contributed by atoms with Crippen LogP contribution in [-0.2, 0) is 18.4 Å². The average Bonchev–Trinajstić information content (AvgIpc) is 3.69. The van der Waals surface area contributed by atoms with Gasteiger partial charge in [-0.25, -0.2) is 9.97 Å². The van der Waals surface area contributed by atoms with E-state index in [1.807, 2.05) is 69.6 Å². The Labute approximate surface area is 255 Å². The fourth-order valence-corrected chi connectivity index (χ4v) is 6.15. The molecule has 44 heavy (non-hydrogen) atoms. The Morgan fingerprint density at radius 2 is 1.93 bits per heavy atom. The maximum atomic E-state index is 13.7. The van der Waals surface area contributed by atoms with Crippen LogP contribution in [0.2, 0.25) is 0 Å². The van der Waals surface area contributed by atoms with Gasteiger partial charge in [-0.15, -0.1) is 0 Å². The number of nitrogens with zero attached hydrogens (tertiary/aromatic N) is 5. The third-order valence-electron chi connectivity index (χ3n) is 8.80. The fraction of sp³-hybridized carbons (Fsp3) is 0.265. The number of amides is 2. The second-order valence-corrected chi connectivity index (χ2v) is 11.8. The number of nitrogens with one attached hydrogen (secondary N) is 3. The first-order valence-electron chi connectivity index (χ1n) is 14.9. The molecule has 10 nitrogen and oxygen atoms in total. The summed E-state index contributed by atoms with van der Waals surface area (Å²) in [5.74, 6) is 0.994. The fourth-order valence-electron chi connectivity index (χ4n) is 6.15. The molecule has 1 atom stereocenters. The number of carbonyl (C=O) groups is 2. The smallest absolute Gasteiger partial charge is 0.259 e. The number of H-pyrrole nitrogens is 1. The molecule has 0 saturated heterocycles. The average molecular weight is 587 g/mol. The highest BCUT2D eigenvalue weighted by Gasteiger charge is 2.33. The predicted molar refractivity (Wildman–Crippen MR) is 172 cm³/mol. The Balaban J connectivity index is 1.18. The topological polar surface area (TPSA) is 121 Å². The van der Waals surface area contributed by atoms with Crippen molar-refractivity contribution in [2.45, 2.75) is 46.6 Å². The quantitative estimate of drug-likeness (QED) is 0.194. The molecule has 5 aromatic rings. The highest BCUT2D eigenvalue weighted by atomic mass is 16.2. The Hall–Kier alpha value is -5.25. The number of fused-ring (bicyclic) bond motifs is 2. The third-order valence-corrected chi connectivity index (χ3v) is 8.80. The Kier molecular flexibility index (Phi) is 6.76. The molecule has 4 heterocycles. The van der Waals surface area contributed by atoms with Gasteiger partial charge in [0.15, 0.2) is 5.82 Å². The van der Waals surface area contributed by atoms with Crippen LogP contribution >= 0.6 is 0 Å². The van der Waals surface area contributed by atoms with Crippen molar-refractivity contribution in [1.82, 2.24) is 24.7 Å². The lowest BCUT2D eigenvalue weighted by Crippen LogP contribution is -2.25. The summed E-state index contributed by atoms with van der Waals surface area (Å²) in [6.07, 6.45) is 8.41. The molecule has 3 aromatic heterocycles. The zero-order valence-electron chi connectivity index (χ0n) is 25.2. The number of hydrogen-bond acceptors (Lipinski definition) is 6. The molecule has 7 rings (SSSR count). The summed E-state index contributed by atoms with van der Waals surface area (Å²) in [6.45, 7) is 6.44. The van der Waals surface area contributed by atoms with Crippen LogP contribution in [0.15, 0.2) is 66.5 Å². The van der Waals surface area contributed by atoms with Crippen LogP contribution < -0.4 is 15.5 Å². The normalized spacial score (nSPS) is 16.3. The number of allylic oxidation sites excluding steroid dienone is 2. The number of aryl methyl sites for hydroxylation is 3. The number of aromatic nitrogens is 5. The van der Waals surface area contributed by atoms with E-state index in [0.717, 1.165) is 63.9 Å². The van der Waals surface area contributed by atoms with Gasteiger partial charge in [-0.3, -0.25) is 14.3 Å².